The van der Waals surface area contributed by atoms with Crippen LogP contribution >= 0.6 is 0 Å². The van der Waals surface area contributed by atoms with Gasteiger partial charge in [0.1, 0.15) is 5.82 Å². The van der Waals surface area contributed by atoms with Crippen LogP contribution in [0.2, 0.25) is 0 Å². The Hall–Kier alpha value is -2.76. The molecule has 0 aliphatic carbocycles. The largest absolute Gasteiger partial charge is 0.353 e. The number of carbonyl (C=O) groups is 1. The van der Waals surface area contributed by atoms with E-state index in [2.05, 4.69) is 15.1 Å². The monoisotopic (exact) mass is 354 g/mol. The minimum atomic E-state index is -0.281. The zero-order valence-electron chi connectivity index (χ0n) is 14.9. The lowest BCUT2D eigenvalue weighted by molar-refractivity contribution is -0.131. The topological polar surface area (TPSA) is 49.3 Å². The summed E-state index contributed by atoms with van der Waals surface area (Å²) in [6, 6.07) is 10.5. The zero-order chi connectivity index (χ0) is 18.4. The molecule has 1 aromatic heterocycles. The van der Waals surface area contributed by atoms with Crippen molar-refractivity contribution in [2.45, 2.75) is 25.3 Å². The van der Waals surface area contributed by atoms with Crippen molar-refractivity contribution in [2.75, 3.05) is 25.0 Å². The number of rotatable bonds is 5. The van der Waals surface area contributed by atoms with E-state index in [1.807, 2.05) is 19.2 Å². The molecule has 1 aliphatic rings. The van der Waals surface area contributed by atoms with Crippen LogP contribution < -0.4 is 4.90 Å². The van der Waals surface area contributed by atoms with Gasteiger partial charge in [0.2, 0.25) is 5.91 Å². The van der Waals surface area contributed by atoms with E-state index in [0.29, 0.717) is 5.56 Å². The molecule has 5 nitrogen and oxygen atoms in total. The van der Waals surface area contributed by atoms with Crippen molar-refractivity contribution in [1.82, 2.24) is 15.1 Å². The quantitative estimate of drug-likeness (QED) is 0.828. The fourth-order valence-corrected chi connectivity index (χ4v) is 3.19. The molecule has 2 heterocycles. The number of benzene rings is 1. The maximum Gasteiger partial charge on any atom is 0.226 e. The molecule has 0 spiro atoms. The number of likely N-dealkylation sites (N-methyl/N-ethyl adjacent to an activating group) is 1. The van der Waals surface area contributed by atoms with E-state index in [1.54, 1.807) is 41.4 Å². The summed E-state index contributed by atoms with van der Waals surface area (Å²) in [5.41, 5.74) is 0.495. The highest BCUT2D eigenvalue weighted by Gasteiger charge is 2.26. The summed E-state index contributed by atoms with van der Waals surface area (Å²) < 4.78 is 13.6. The molecular formula is C20H23FN4O. The van der Waals surface area contributed by atoms with Crippen LogP contribution in [0, 0.1) is 5.82 Å². The summed E-state index contributed by atoms with van der Waals surface area (Å²) in [5, 5.41) is 8.09. The zero-order valence-corrected chi connectivity index (χ0v) is 14.9. The molecule has 1 atom stereocenters. The Morgan fingerprint density at radius 1 is 1.35 bits per heavy atom. The molecule has 2 aromatic rings. The van der Waals surface area contributed by atoms with E-state index in [9.17, 15) is 9.18 Å². The Morgan fingerprint density at radius 3 is 2.96 bits per heavy atom. The van der Waals surface area contributed by atoms with Gasteiger partial charge in [0, 0.05) is 44.4 Å². The molecule has 3 rings (SSSR count). The van der Waals surface area contributed by atoms with Gasteiger partial charge in [-0.1, -0.05) is 30.4 Å². The van der Waals surface area contributed by atoms with Crippen molar-refractivity contribution >= 4 is 17.8 Å². The van der Waals surface area contributed by atoms with E-state index in [4.69, 9.17) is 0 Å². The van der Waals surface area contributed by atoms with Crippen molar-refractivity contribution in [3.05, 3.63) is 60.1 Å². The maximum atomic E-state index is 13.6. The standard InChI is InChI=1S/C20H23FN4O/c1-24(20(26)12-4-8-16-7-2-3-10-18(16)21)17-9-6-14-25(15-17)19-11-5-13-22-23-19/h2-5,7-8,10-11,13,17H,6,9,12,14-15H2,1H3/b8-4+. The van der Waals surface area contributed by atoms with Gasteiger partial charge in [-0.2, -0.15) is 5.10 Å². The number of aromatic nitrogens is 2. The fourth-order valence-electron chi connectivity index (χ4n) is 3.19. The van der Waals surface area contributed by atoms with Crippen LogP contribution in [0.4, 0.5) is 10.2 Å². The van der Waals surface area contributed by atoms with Crippen LogP contribution in [0.1, 0.15) is 24.8 Å². The highest BCUT2D eigenvalue weighted by Crippen LogP contribution is 2.20. The average molecular weight is 354 g/mol. The minimum Gasteiger partial charge on any atom is -0.353 e. The number of amides is 1. The first-order valence-electron chi connectivity index (χ1n) is 8.84. The Bertz CT molecular complexity index is 765. The number of nitrogens with zero attached hydrogens (tertiary/aromatic N) is 4. The molecule has 0 saturated carbocycles. The molecule has 26 heavy (non-hydrogen) atoms. The van der Waals surface area contributed by atoms with Gasteiger partial charge < -0.3 is 9.80 Å². The van der Waals surface area contributed by atoms with Gasteiger partial charge in [-0.15, -0.1) is 5.10 Å². The van der Waals surface area contributed by atoms with Gasteiger partial charge in [0.05, 0.1) is 0 Å². The molecule has 1 aromatic carbocycles. The second kappa shape index (κ2) is 8.56. The third kappa shape index (κ3) is 4.45. The Morgan fingerprint density at radius 2 is 2.19 bits per heavy atom. The lowest BCUT2D eigenvalue weighted by Gasteiger charge is -2.38. The van der Waals surface area contributed by atoms with E-state index in [-0.39, 0.29) is 24.2 Å². The van der Waals surface area contributed by atoms with Crippen molar-refractivity contribution in [1.29, 1.82) is 0 Å². The van der Waals surface area contributed by atoms with Gasteiger partial charge in [0.25, 0.3) is 0 Å². The number of piperidine rings is 1. The molecule has 1 amide bonds. The van der Waals surface area contributed by atoms with Gasteiger partial charge in [-0.25, -0.2) is 4.39 Å². The van der Waals surface area contributed by atoms with Crippen molar-refractivity contribution < 1.29 is 9.18 Å². The summed E-state index contributed by atoms with van der Waals surface area (Å²) in [6.45, 7) is 1.67. The average Bonchev–Trinajstić information content (AvgIpc) is 2.69. The SMILES string of the molecule is CN(C(=O)C/C=C/c1ccccc1F)C1CCCN(c2cccnn2)C1. The van der Waals surface area contributed by atoms with E-state index < -0.39 is 0 Å². The molecule has 1 aliphatic heterocycles. The maximum absolute atomic E-state index is 13.6. The van der Waals surface area contributed by atoms with E-state index in [0.717, 1.165) is 31.7 Å². The Kier molecular flexibility index (Phi) is 5.94. The van der Waals surface area contributed by atoms with Crippen LogP contribution in [0.15, 0.2) is 48.7 Å². The summed E-state index contributed by atoms with van der Waals surface area (Å²) in [5.74, 6) is 0.595. The first kappa shape index (κ1) is 18.0. The Balaban J connectivity index is 1.57. The van der Waals surface area contributed by atoms with Crippen molar-refractivity contribution in [3.63, 3.8) is 0 Å². The molecule has 0 bridgehead atoms. The lowest BCUT2D eigenvalue weighted by Crippen LogP contribution is -2.48. The van der Waals surface area contributed by atoms with Gasteiger partial charge in [-0.3, -0.25) is 4.79 Å². The van der Waals surface area contributed by atoms with E-state index >= 15 is 0 Å². The molecule has 6 heteroatoms. The van der Waals surface area contributed by atoms with E-state index in [1.165, 1.54) is 6.07 Å². The number of carbonyl (C=O) groups excluding carboxylic acids is 1. The predicted molar refractivity (Wildman–Crippen MR) is 100 cm³/mol. The van der Waals surface area contributed by atoms with Gasteiger partial charge in [0.15, 0.2) is 5.82 Å². The number of halogens is 1. The van der Waals surface area contributed by atoms with Crippen LogP contribution in [0.3, 0.4) is 0 Å². The smallest absolute Gasteiger partial charge is 0.226 e. The summed E-state index contributed by atoms with van der Waals surface area (Å²) in [6.07, 6.45) is 7.27. The molecule has 0 N–H and O–H groups in total. The number of hydrogen-bond acceptors (Lipinski definition) is 4. The molecule has 1 saturated heterocycles. The first-order valence-corrected chi connectivity index (χ1v) is 8.84. The highest BCUT2D eigenvalue weighted by molar-refractivity contribution is 5.79. The second-order valence-electron chi connectivity index (χ2n) is 6.46. The normalized spacial score (nSPS) is 17.5. The van der Waals surface area contributed by atoms with Crippen LogP contribution in [0.5, 0.6) is 0 Å². The van der Waals surface area contributed by atoms with Crippen LogP contribution in [0.25, 0.3) is 6.08 Å². The van der Waals surface area contributed by atoms with Crippen LogP contribution in [-0.2, 0) is 4.79 Å². The van der Waals surface area contributed by atoms with Crippen molar-refractivity contribution in [3.8, 4) is 0 Å². The Labute approximate surface area is 153 Å². The van der Waals surface area contributed by atoms with Crippen molar-refractivity contribution in [2.24, 2.45) is 0 Å². The third-order valence-corrected chi connectivity index (χ3v) is 4.71. The molecular weight excluding hydrogens is 331 g/mol. The first-order chi connectivity index (χ1) is 12.6. The van der Waals surface area contributed by atoms with Crippen LogP contribution in [-0.4, -0.2) is 47.2 Å². The van der Waals surface area contributed by atoms with Gasteiger partial charge >= 0.3 is 0 Å². The number of hydrogen-bond donors (Lipinski definition) is 0. The second-order valence-corrected chi connectivity index (χ2v) is 6.46. The fraction of sp³-hybridized carbons (Fsp3) is 0.350. The number of anilines is 1. The molecule has 1 unspecified atom stereocenters. The van der Waals surface area contributed by atoms with Gasteiger partial charge in [-0.05, 0) is 31.0 Å². The highest BCUT2D eigenvalue weighted by atomic mass is 19.1. The molecule has 136 valence electrons. The molecule has 0 radical (unpaired) electrons. The molecule has 1 fully saturated rings. The summed E-state index contributed by atoms with van der Waals surface area (Å²) in [7, 11) is 1.84. The minimum absolute atomic E-state index is 0.0311. The lowest BCUT2D eigenvalue weighted by atomic mass is 10.0. The third-order valence-electron chi connectivity index (χ3n) is 4.71. The summed E-state index contributed by atoms with van der Waals surface area (Å²) >= 11 is 0. The predicted octanol–water partition coefficient (Wildman–Crippen LogP) is 3.15. The summed E-state index contributed by atoms with van der Waals surface area (Å²) in [4.78, 5) is 16.5.